The molecule has 9 heteroatoms. The SMILES string of the molecule is [2H]C([2H])([2H])N(C(=O)C(=O)c1ccc(F)cc1)[C@@H](CCCC)C(=O)N1C[C@]2(C[C@H]1[N+]#[C-])C(=O)Nc1ccccc12. The van der Waals surface area contributed by atoms with E-state index in [0.29, 0.717) is 29.0 Å². The number of likely N-dealkylation sites (tertiary alicyclic amines) is 1. The van der Waals surface area contributed by atoms with Gasteiger partial charge in [-0.2, -0.15) is 0 Å². The first kappa shape index (κ1) is 21.2. The summed E-state index contributed by atoms with van der Waals surface area (Å²) in [6.07, 6.45) is -0.244. The molecule has 36 heavy (non-hydrogen) atoms. The van der Waals surface area contributed by atoms with Crippen LogP contribution >= 0.6 is 0 Å². The number of Topliss-reactive ketones (excluding diaryl/α,β-unsaturated/α-hetero) is 1. The number of nitrogens with one attached hydrogen (secondary N) is 1. The third-order valence-corrected chi connectivity index (χ3v) is 6.84. The van der Waals surface area contributed by atoms with Crippen LogP contribution in [0.15, 0.2) is 48.5 Å². The highest BCUT2D eigenvalue weighted by atomic mass is 19.1. The van der Waals surface area contributed by atoms with Crippen LogP contribution in [0.2, 0.25) is 0 Å². The molecule has 2 aromatic rings. The minimum Gasteiger partial charge on any atom is -0.327 e. The number of amides is 3. The molecule has 0 aromatic heterocycles. The number of ketones is 1. The molecule has 2 aliphatic heterocycles. The molecule has 2 heterocycles. The number of hydrogen-bond acceptors (Lipinski definition) is 4. The molecular weight excluding hydrogens is 463 g/mol. The predicted octanol–water partition coefficient (Wildman–Crippen LogP) is 3.39. The number of unbranched alkanes of at least 4 members (excludes halogenated alkanes) is 1. The molecule has 2 aromatic carbocycles. The highest BCUT2D eigenvalue weighted by Crippen LogP contribution is 2.46. The lowest BCUT2D eigenvalue weighted by Crippen LogP contribution is -2.52. The highest BCUT2D eigenvalue weighted by molar-refractivity contribution is 6.43. The van der Waals surface area contributed by atoms with Gasteiger partial charge in [-0.15, -0.1) is 0 Å². The van der Waals surface area contributed by atoms with Gasteiger partial charge in [-0.05, 0) is 42.3 Å². The van der Waals surface area contributed by atoms with Crippen molar-refractivity contribution in [3.63, 3.8) is 0 Å². The van der Waals surface area contributed by atoms with E-state index < -0.39 is 48.0 Å². The van der Waals surface area contributed by atoms with Gasteiger partial charge in [0.05, 0.1) is 6.42 Å². The lowest BCUT2D eigenvalue weighted by atomic mass is 9.80. The molecular formula is C27H27FN4O4. The summed E-state index contributed by atoms with van der Waals surface area (Å²) in [6.45, 7) is 6.20. The smallest absolute Gasteiger partial charge is 0.302 e. The van der Waals surface area contributed by atoms with Crippen LogP contribution in [0, 0.1) is 12.4 Å². The van der Waals surface area contributed by atoms with Gasteiger partial charge in [0.25, 0.3) is 11.8 Å². The Labute approximate surface area is 213 Å². The van der Waals surface area contributed by atoms with Crippen LogP contribution in [0.5, 0.6) is 0 Å². The van der Waals surface area contributed by atoms with Crippen molar-refractivity contribution in [3.05, 3.63) is 76.9 Å². The van der Waals surface area contributed by atoms with Crippen molar-refractivity contribution in [1.29, 1.82) is 0 Å². The number of benzene rings is 2. The van der Waals surface area contributed by atoms with E-state index in [-0.39, 0.29) is 30.9 Å². The number of halogens is 1. The topological polar surface area (TPSA) is 91.2 Å². The molecule has 0 unspecified atom stereocenters. The summed E-state index contributed by atoms with van der Waals surface area (Å²) in [5, 5.41) is 2.79. The zero-order chi connectivity index (χ0) is 28.5. The first-order valence-electron chi connectivity index (χ1n) is 13.2. The minimum atomic E-state index is -3.18. The van der Waals surface area contributed by atoms with E-state index in [0.717, 1.165) is 29.2 Å². The van der Waals surface area contributed by atoms with Gasteiger partial charge in [0, 0.05) is 28.9 Å². The standard InChI is InChI=1S/C27H27FN4O4/c1-4-5-10-21(31(3)25(35)23(33)17-11-13-18(28)14-12-17)24(34)32-16-27(15-22(32)29-2)19-8-6-7-9-20(19)30-26(27)36/h6-9,11-14,21-22H,4-5,10,15-16H2,1,3H3,(H,30,36)/t21-,22-,27-/m0/s1/i3D3. The number of para-hydroxylation sites is 1. The molecule has 1 saturated heterocycles. The Morgan fingerprint density at radius 1 is 1.28 bits per heavy atom. The molecule has 8 nitrogen and oxygen atoms in total. The van der Waals surface area contributed by atoms with Gasteiger partial charge in [0.15, 0.2) is 0 Å². The van der Waals surface area contributed by atoms with E-state index in [9.17, 15) is 23.6 Å². The average molecular weight is 494 g/mol. The summed E-state index contributed by atoms with van der Waals surface area (Å²) in [5.41, 5.74) is -0.211. The van der Waals surface area contributed by atoms with Crippen molar-refractivity contribution in [3.8, 4) is 0 Å². The van der Waals surface area contributed by atoms with Crippen LogP contribution in [-0.4, -0.2) is 59.0 Å². The fourth-order valence-corrected chi connectivity index (χ4v) is 4.88. The molecule has 0 aliphatic carbocycles. The summed E-state index contributed by atoms with van der Waals surface area (Å²) in [4.78, 5) is 58.5. The zero-order valence-corrected chi connectivity index (χ0v) is 19.7. The normalized spacial score (nSPS) is 22.6. The van der Waals surface area contributed by atoms with E-state index >= 15 is 0 Å². The molecule has 1 N–H and O–H groups in total. The number of hydrogen-bond donors (Lipinski definition) is 1. The number of rotatable bonds is 7. The monoisotopic (exact) mass is 493 g/mol. The van der Waals surface area contributed by atoms with Gasteiger partial charge in [0.2, 0.25) is 11.7 Å². The molecule has 0 saturated carbocycles. The Morgan fingerprint density at radius 3 is 2.67 bits per heavy atom. The number of nitrogens with zero attached hydrogens (tertiary/aromatic N) is 3. The van der Waals surface area contributed by atoms with Crippen LogP contribution in [0.4, 0.5) is 10.1 Å². The van der Waals surface area contributed by atoms with Crippen LogP contribution in [0.3, 0.4) is 0 Å². The van der Waals surface area contributed by atoms with E-state index in [1.165, 1.54) is 0 Å². The summed E-state index contributed by atoms with van der Waals surface area (Å²) < 4.78 is 37.5. The molecule has 4 rings (SSSR count). The number of carbonyl (C=O) groups is 4. The molecule has 3 atom stereocenters. The van der Waals surface area contributed by atoms with Crippen LogP contribution in [0.25, 0.3) is 4.85 Å². The van der Waals surface area contributed by atoms with E-state index in [4.69, 9.17) is 10.7 Å². The maximum atomic E-state index is 14.0. The summed E-state index contributed by atoms with van der Waals surface area (Å²) in [7, 11) is 0. The van der Waals surface area contributed by atoms with Crippen molar-refractivity contribution in [2.24, 2.45) is 0 Å². The minimum absolute atomic E-state index is 0.00179. The quantitative estimate of drug-likeness (QED) is 0.364. The second-order valence-electron chi connectivity index (χ2n) is 9.03. The van der Waals surface area contributed by atoms with Gasteiger partial charge in [-0.1, -0.05) is 38.0 Å². The van der Waals surface area contributed by atoms with Gasteiger partial charge < -0.3 is 10.2 Å². The zero-order valence-electron chi connectivity index (χ0n) is 22.7. The van der Waals surface area contributed by atoms with Crippen molar-refractivity contribution in [2.75, 3.05) is 18.8 Å². The summed E-state index contributed by atoms with van der Waals surface area (Å²) in [6, 6.07) is 9.43. The molecule has 1 fully saturated rings. The maximum Gasteiger partial charge on any atom is 0.302 e. The molecule has 0 bridgehead atoms. The van der Waals surface area contributed by atoms with Crippen LogP contribution < -0.4 is 5.32 Å². The van der Waals surface area contributed by atoms with Crippen molar-refractivity contribution in [2.45, 2.75) is 50.2 Å². The second-order valence-corrected chi connectivity index (χ2v) is 9.03. The summed E-state index contributed by atoms with van der Waals surface area (Å²) >= 11 is 0. The van der Waals surface area contributed by atoms with Gasteiger partial charge in [0.1, 0.15) is 17.3 Å². The number of anilines is 1. The Bertz CT molecular complexity index is 1360. The Morgan fingerprint density at radius 2 is 2.00 bits per heavy atom. The molecule has 186 valence electrons. The van der Waals surface area contributed by atoms with Crippen LogP contribution in [0.1, 0.15) is 52.6 Å². The third kappa shape index (κ3) is 4.24. The largest absolute Gasteiger partial charge is 0.327 e. The van der Waals surface area contributed by atoms with Crippen molar-refractivity contribution in [1.82, 2.24) is 9.80 Å². The fraction of sp³-hybridized carbons (Fsp3) is 0.370. The predicted molar refractivity (Wildman–Crippen MR) is 130 cm³/mol. The molecule has 0 radical (unpaired) electrons. The lowest BCUT2D eigenvalue weighted by Gasteiger charge is -2.31. The van der Waals surface area contributed by atoms with E-state index in [1.807, 2.05) is 6.92 Å². The highest BCUT2D eigenvalue weighted by Gasteiger charge is 2.59. The Kier molecular flexibility index (Phi) is 5.84. The molecule has 1 spiro atoms. The number of carbonyl (C=O) groups excluding carboxylic acids is 4. The van der Waals surface area contributed by atoms with E-state index in [1.54, 1.807) is 24.3 Å². The number of fused-ring (bicyclic) bond motifs is 2. The second kappa shape index (κ2) is 9.90. The van der Waals surface area contributed by atoms with Gasteiger partial charge >= 0.3 is 6.17 Å². The van der Waals surface area contributed by atoms with Crippen LogP contribution in [-0.2, 0) is 19.8 Å². The maximum absolute atomic E-state index is 14.0. The Balaban J connectivity index is 1.72. The van der Waals surface area contributed by atoms with Gasteiger partial charge in [-0.25, -0.2) is 11.0 Å². The molecule has 3 amide bonds. The van der Waals surface area contributed by atoms with Crippen molar-refractivity contribution < 1.29 is 27.7 Å². The fourth-order valence-electron chi connectivity index (χ4n) is 4.88. The van der Waals surface area contributed by atoms with Gasteiger partial charge in [-0.3, -0.25) is 28.9 Å². The first-order chi connectivity index (χ1) is 18.4. The molecule has 2 aliphatic rings. The summed E-state index contributed by atoms with van der Waals surface area (Å²) in [5.74, 6) is -4.48. The van der Waals surface area contributed by atoms with Crippen molar-refractivity contribution >= 4 is 29.2 Å². The Hall–Kier alpha value is -4.06. The number of likely N-dealkylation sites (N-methyl/N-ethyl adjacent to an activating group) is 1. The third-order valence-electron chi connectivity index (χ3n) is 6.84. The average Bonchev–Trinajstić information content (AvgIpc) is 3.43. The van der Waals surface area contributed by atoms with E-state index in [2.05, 4.69) is 10.2 Å². The lowest BCUT2D eigenvalue weighted by molar-refractivity contribution is -0.143. The first-order valence-corrected chi connectivity index (χ1v) is 11.7.